The summed E-state index contributed by atoms with van der Waals surface area (Å²) in [7, 11) is 1.27. The maximum absolute atomic E-state index is 11.1. The Kier molecular flexibility index (Phi) is 4.15. The minimum Gasteiger partial charge on any atom is -0.506 e. The standard InChI is InChI=1S/C11H14ClNO3/c1-6-3-7(10(14)8(12)4-6)5-9(13)11(15)16-2/h3-4,9,14H,5,13H2,1-2H3. The third kappa shape index (κ3) is 2.87. The van der Waals surface area contributed by atoms with Gasteiger partial charge in [0, 0.05) is 6.42 Å². The van der Waals surface area contributed by atoms with Crippen molar-refractivity contribution in [1.29, 1.82) is 0 Å². The van der Waals surface area contributed by atoms with Crippen molar-refractivity contribution in [3.63, 3.8) is 0 Å². The van der Waals surface area contributed by atoms with E-state index >= 15 is 0 Å². The summed E-state index contributed by atoms with van der Waals surface area (Å²) in [4.78, 5) is 11.1. The molecule has 1 aromatic carbocycles. The highest BCUT2D eigenvalue weighted by atomic mass is 35.5. The minimum atomic E-state index is -0.797. The highest BCUT2D eigenvalue weighted by Crippen LogP contribution is 2.29. The quantitative estimate of drug-likeness (QED) is 0.787. The number of carbonyl (C=O) groups is 1. The number of rotatable bonds is 3. The summed E-state index contributed by atoms with van der Waals surface area (Å²) in [6, 6.07) is 2.59. The van der Waals surface area contributed by atoms with Gasteiger partial charge in [-0.05, 0) is 24.1 Å². The number of methoxy groups -OCH3 is 1. The molecule has 0 radical (unpaired) electrons. The van der Waals surface area contributed by atoms with Gasteiger partial charge in [-0.15, -0.1) is 0 Å². The molecule has 0 aliphatic rings. The third-order valence-corrected chi connectivity index (χ3v) is 2.52. The van der Waals surface area contributed by atoms with Gasteiger partial charge in [-0.3, -0.25) is 4.79 Å². The van der Waals surface area contributed by atoms with Gasteiger partial charge in [-0.2, -0.15) is 0 Å². The lowest BCUT2D eigenvalue weighted by atomic mass is 10.0. The summed E-state index contributed by atoms with van der Waals surface area (Å²) >= 11 is 5.81. The van der Waals surface area contributed by atoms with E-state index in [2.05, 4.69) is 4.74 Å². The molecule has 0 saturated heterocycles. The van der Waals surface area contributed by atoms with Gasteiger partial charge >= 0.3 is 5.97 Å². The van der Waals surface area contributed by atoms with Crippen molar-refractivity contribution >= 4 is 17.6 Å². The van der Waals surface area contributed by atoms with Crippen LogP contribution in [0.5, 0.6) is 5.75 Å². The maximum atomic E-state index is 11.1. The number of phenolic OH excluding ortho intramolecular Hbond substituents is 1. The highest BCUT2D eigenvalue weighted by Gasteiger charge is 2.17. The molecule has 0 aliphatic heterocycles. The molecule has 0 heterocycles. The summed E-state index contributed by atoms with van der Waals surface area (Å²) in [5.74, 6) is -0.552. The van der Waals surface area contributed by atoms with E-state index < -0.39 is 12.0 Å². The smallest absolute Gasteiger partial charge is 0.322 e. The summed E-state index contributed by atoms with van der Waals surface area (Å²) in [6.07, 6.45) is 0.194. The fraction of sp³-hybridized carbons (Fsp3) is 0.364. The van der Waals surface area contributed by atoms with Crippen LogP contribution >= 0.6 is 11.6 Å². The lowest BCUT2D eigenvalue weighted by Crippen LogP contribution is -2.33. The van der Waals surface area contributed by atoms with Crippen molar-refractivity contribution in [2.24, 2.45) is 5.73 Å². The number of benzene rings is 1. The van der Waals surface area contributed by atoms with Crippen LogP contribution in [0.1, 0.15) is 11.1 Å². The second-order valence-electron chi connectivity index (χ2n) is 3.59. The monoisotopic (exact) mass is 243 g/mol. The average Bonchev–Trinajstić information content (AvgIpc) is 2.23. The molecule has 1 aromatic rings. The molecule has 4 nitrogen and oxygen atoms in total. The molecule has 16 heavy (non-hydrogen) atoms. The fourth-order valence-corrected chi connectivity index (χ4v) is 1.73. The van der Waals surface area contributed by atoms with Gasteiger partial charge in [0.05, 0.1) is 12.1 Å². The Hall–Kier alpha value is -1.26. The van der Waals surface area contributed by atoms with Crippen LogP contribution in [0.15, 0.2) is 12.1 Å². The second-order valence-corrected chi connectivity index (χ2v) is 4.00. The zero-order valence-electron chi connectivity index (χ0n) is 9.16. The van der Waals surface area contributed by atoms with Crippen LogP contribution < -0.4 is 5.73 Å². The normalized spacial score (nSPS) is 12.2. The van der Waals surface area contributed by atoms with Crippen molar-refractivity contribution < 1.29 is 14.6 Å². The molecular weight excluding hydrogens is 230 g/mol. The zero-order valence-corrected chi connectivity index (χ0v) is 9.91. The Morgan fingerprint density at radius 3 is 2.81 bits per heavy atom. The van der Waals surface area contributed by atoms with E-state index in [1.54, 1.807) is 12.1 Å². The third-order valence-electron chi connectivity index (χ3n) is 2.23. The van der Waals surface area contributed by atoms with Crippen molar-refractivity contribution in [1.82, 2.24) is 0 Å². The highest BCUT2D eigenvalue weighted by molar-refractivity contribution is 6.32. The molecule has 0 aliphatic carbocycles. The predicted molar refractivity (Wildman–Crippen MR) is 61.5 cm³/mol. The molecule has 1 rings (SSSR count). The number of nitrogens with two attached hydrogens (primary N) is 1. The molecule has 5 heteroatoms. The van der Waals surface area contributed by atoms with Gasteiger partial charge in [0.2, 0.25) is 0 Å². The first-order chi connectivity index (χ1) is 7.45. The Labute approximate surface area is 99.0 Å². The molecule has 0 amide bonds. The Morgan fingerprint density at radius 1 is 1.62 bits per heavy atom. The summed E-state index contributed by atoms with van der Waals surface area (Å²) in [6.45, 7) is 1.85. The predicted octanol–water partition coefficient (Wildman–Crippen LogP) is 1.40. The molecule has 0 aromatic heterocycles. The first kappa shape index (κ1) is 12.8. The number of esters is 1. The van der Waals surface area contributed by atoms with E-state index in [9.17, 15) is 9.90 Å². The first-order valence-corrected chi connectivity index (χ1v) is 5.15. The van der Waals surface area contributed by atoms with E-state index in [0.29, 0.717) is 5.56 Å². The average molecular weight is 244 g/mol. The molecule has 0 spiro atoms. The number of hydrogen-bond acceptors (Lipinski definition) is 4. The Morgan fingerprint density at radius 2 is 2.25 bits per heavy atom. The van der Waals surface area contributed by atoms with E-state index in [4.69, 9.17) is 17.3 Å². The summed E-state index contributed by atoms with van der Waals surface area (Å²) in [5.41, 5.74) is 7.04. The summed E-state index contributed by atoms with van der Waals surface area (Å²) < 4.78 is 4.51. The van der Waals surface area contributed by atoms with Crippen LogP contribution in [0.4, 0.5) is 0 Å². The van der Waals surface area contributed by atoms with Gasteiger partial charge < -0.3 is 15.6 Å². The Balaban J connectivity index is 2.93. The van der Waals surface area contributed by atoms with Crippen LogP contribution in [-0.2, 0) is 16.0 Å². The number of aromatic hydroxyl groups is 1. The number of carbonyl (C=O) groups excluding carboxylic acids is 1. The van der Waals surface area contributed by atoms with Crippen LogP contribution in [0.2, 0.25) is 5.02 Å². The van der Waals surface area contributed by atoms with Crippen LogP contribution in [0.25, 0.3) is 0 Å². The fourth-order valence-electron chi connectivity index (χ4n) is 1.43. The lowest BCUT2D eigenvalue weighted by molar-refractivity contribution is -0.142. The van der Waals surface area contributed by atoms with Crippen molar-refractivity contribution in [3.05, 3.63) is 28.3 Å². The number of hydrogen-bond donors (Lipinski definition) is 2. The number of phenols is 1. The summed E-state index contributed by atoms with van der Waals surface area (Å²) in [5, 5.41) is 9.94. The van der Waals surface area contributed by atoms with Gasteiger partial charge in [0.25, 0.3) is 0 Å². The van der Waals surface area contributed by atoms with E-state index in [1.165, 1.54) is 7.11 Å². The lowest BCUT2D eigenvalue weighted by Gasteiger charge is -2.12. The first-order valence-electron chi connectivity index (χ1n) is 4.77. The SMILES string of the molecule is COC(=O)C(N)Cc1cc(C)cc(Cl)c1O. The molecular formula is C11H14ClNO3. The molecule has 1 atom stereocenters. The topological polar surface area (TPSA) is 72.5 Å². The van der Waals surface area contributed by atoms with Crippen LogP contribution in [0, 0.1) is 6.92 Å². The van der Waals surface area contributed by atoms with Crippen LogP contribution in [0.3, 0.4) is 0 Å². The van der Waals surface area contributed by atoms with Crippen molar-refractivity contribution in [3.8, 4) is 5.75 Å². The van der Waals surface area contributed by atoms with Crippen molar-refractivity contribution in [2.75, 3.05) is 7.11 Å². The second kappa shape index (κ2) is 5.18. The minimum absolute atomic E-state index is 0.0355. The van der Waals surface area contributed by atoms with Gasteiger partial charge in [-0.1, -0.05) is 17.7 Å². The molecule has 1 unspecified atom stereocenters. The van der Waals surface area contributed by atoms with Crippen LogP contribution in [-0.4, -0.2) is 24.2 Å². The van der Waals surface area contributed by atoms with Gasteiger partial charge in [-0.25, -0.2) is 0 Å². The number of halogens is 1. The van der Waals surface area contributed by atoms with E-state index in [0.717, 1.165) is 5.56 Å². The zero-order chi connectivity index (χ0) is 12.3. The van der Waals surface area contributed by atoms with E-state index in [-0.39, 0.29) is 17.2 Å². The van der Waals surface area contributed by atoms with E-state index in [1.807, 2.05) is 6.92 Å². The van der Waals surface area contributed by atoms with Gasteiger partial charge in [0.1, 0.15) is 11.8 Å². The molecule has 88 valence electrons. The molecule has 0 bridgehead atoms. The largest absolute Gasteiger partial charge is 0.506 e. The Bertz CT molecular complexity index is 406. The maximum Gasteiger partial charge on any atom is 0.322 e. The van der Waals surface area contributed by atoms with Gasteiger partial charge in [0.15, 0.2) is 0 Å². The molecule has 0 saturated carbocycles. The van der Waals surface area contributed by atoms with Crippen molar-refractivity contribution in [2.45, 2.75) is 19.4 Å². The molecule has 0 fully saturated rings. The number of ether oxygens (including phenoxy) is 1. The molecule has 3 N–H and O–H groups in total. The number of aryl methyl sites for hydroxylation is 1.